The van der Waals surface area contributed by atoms with Crippen LogP contribution in [0.5, 0.6) is 0 Å². The van der Waals surface area contributed by atoms with E-state index in [1.54, 1.807) is 6.20 Å². The molecule has 0 saturated carbocycles. The number of hydrogen-bond acceptors (Lipinski definition) is 3. The Morgan fingerprint density at radius 1 is 1.14 bits per heavy atom. The van der Waals surface area contributed by atoms with Gasteiger partial charge in [-0.05, 0) is 23.6 Å². The molecule has 114 valence electrons. The number of pyridine rings is 1. The summed E-state index contributed by atoms with van der Waals surface area (Å²) in [6.07, 6.45) is 4.27. The van der Waals surface area contributed by atoms with Gasteiger partial charge < -0.3 is 9.64 Å². The molecule has 4 nitrogen and oxygen atoms in total. The summed E-state index contributed by atoms with van der Waals surface area (Å²) in [5, 5.41) is 0. The van der Waals surface area contributed by atoms with Gasteiger partial charge in [-0.2, -0.15) is 0 Å². The van der Waals surface area contributed by atoms with Crippen molar-refractivity contribution in [2.24, 2.45) is 0 Å². The van der Waals surface area contributed by atoms with Crippen molar-refractivity contribution >= 4 is 5.91 Å². The molecule has 2 heterocycles. The van der Waals surface area contributed by atoms with Crippen molar-refractivity contribution < 1.29 is 9.53 Å². The van der Waals surface area contributed by atoms with E-state index < -0.39 is 0 Å². The van der Waals surface area contributed by atoms with Gasteiger partial charge in [0.05, 0.1) is 19.1 Å². The fourth-order valence-electron chi connectivity index (χ4n) is 2.79. The van der Waals surface area contributed by atoms with E-state index in [0.717, 1.165) is 11.1 Å². The summed E-state index contributed by atoms with van der Waals surface area (Å²) in [4.78, 5) is 19.0. The molecule has 3 rings (SSSR count). The lowest BCUT2D eigenvalue weighted by Crippen LogP contribution is -2.43. The number of hydrogen-bond donors (Lipinski definition) is 0. The van der Waals surface area contributed by atoms with Gasteiger partial charge in [0.15, 0.2) is 0 Å². The number of aromatic nitrogens is 1. The van der Waals surface area contributed by atoms with Crippen molar-refractivity contribution in [2.75, 3.05) is 26.3 Å². The van der Waals surface area contributed by atoms with Gasteiger partial charge in [0.2, 0.25) is 5.91 Å². The van der Waals surface area contributed by atoms with Crippen LogP contribution in [0, 0.1) is 0 Å². The molecule has 0 bridgehead atoms. The van der Waals surface area contributed by atoms with Crippen LogP contribution in [0.25, 0.3) is 0 Å². The molecule has 1 aromatic carbocycles. The van der Waals surface area contributed by atoms with E-state index in [0.29, 0.717) is 32.7 Å². The highest BCUT2D eigenvalue weighted by Crippen LogP contribution is 2.23. The van der Waals surface area contributed by atoms with Crippen LogP contribution in [-0.2, 0) is 16.0 Å². The molecule has 1 aliphatic rings. The first-order valence-electron chi connectivity index (χ1n) is 7.65. The molecule has 0 N–H and O–H groups in total. The lowest BCUT2D eigenvalue weighted by Gasteiger charge is -2.30. The number of ether oxygens (including phenoxy) is 1. The Bertz CT molecular complexity index is 595. The van der Waals surface area contributed by atoms with Crippen LogP contribution in [0.15, 0.2) is 54.9 Å². The van der Waals surface area contributed by atoms with Gasteiger partial charge in [-0.3, -0.25) is 9.78 Å². The van der Waals surface area contributed by atoms with E-state index >= 15 is 0 Å². The lowest BCUT2D eigenvalue weighted by molar-refractivity contribution is -0.136. The molecule has 4 heteroatoms. The number of carbonyl (C=O) groups excluding carboxylic acids is 1. The molecule has 0 radical (unpaired) electrons. The van der Waals surface area contributed by atoms with E-state index in [-0.39, 0.29) is 11.8 Å². The van der Waals surface area contributed by atoms with Gasteiger partial charge in [0.25, 0.3) is 0 Å². The Balaban J connectivity index is 1.84. The number of morpholine rings is 1. The number of carbonyl (C=O) groups is 1. The summed E-state index contributed by atoms with van der Waals surface area (Å²) in [6.45, 7) is 2.60. The van der Waals surface area contributed by atoms with Crippen molar-refractivity contribution in [2.45, 2.75) is 12.3 Å². The minimum atomic E-state index is -0.163. The molecule has 1 fully saturated rings. The zero-order valence-electron chi connectivity index (χ0n) is 12.5. The largest absolute Gasteiger partial charge is 0.378 e. The van der Waals surface area contributed by atoms with Crippen LogP contribution in [0.4, 0.5) is 0 Å². The number of rotatable bonds is 4. The predicted molar refractivity (Wildman–Crippen MR) is 84.5 cm³/mol. The van der Waals surface area contributed by atoms with Crippen molar-refractivity contribution in [3.63, 3.8) is 0 Å². The molecule has 0 spiro atoms. The van der Waals surface area contributed by atoms with Crippen LogP contribution in [0.2, 0.25) is 0 Å². The zero-order chi connectivity index (χ0) is 15.2. The summed E-state index contributed by atoms with van der Waals surface area (Å²) in [5.41, 5.74) is 2.14. The highest BCUT2D eigenvalue weighted by molar-refractivity contribution is 5.84. The molecule has 1 amide bonds. The van der Waals surface area contributed by atoms with Gasteiger partial charge in [-0.25, -0.2) is 0 Å². The lowest BCUT2D eigenvalue weighted by atomic mass is 9.91. The van der Waals surface area contributed by atoms with Gasteiger partial charge in [-0.1, -0.05) is 36.4 Å². The van der Waals surface area contributed by atoms with E-state index in [4.69, 9.17) is 4.74 Å². The smallest absolute Gasteiger partial charge is 0.230 e. The number of amides is 1. The minimum absolute atomic E-state index is 0.163. The van der Waals surface area contributed by atoms with Crippen molar-refractivity contribution in [1.82, 2.24) is 9.88 Å². The molecule has 1 atom stereocenters. The highest BCUT2D eigenvalue weighted by Gasteiger charge is 2.27. The second-order valence-corrected chi connectivity index (χ2v) is 5.47. The monoisotopic (exact) mass is 296 g/mol. The van der Waals surface area contributed by atoms with Gasteiger partial charge >= 0.3 is 0 Å². The van der Waals surface area contributed by atoms with Crippen LogP contribution < -0.4 is 0 Å². The molecule has 22 heavy (non-hydrogen) atoms. The van der Waals surface area contributed by atoms with Crippen molar-refractivity contribution in [3.05, 3.63) is 66.0 Å². The third kappa shape index (κ3) is 3.52. The van der Waals surface area contributed by atoms with E-state index in [2.05, 4.69) is 4.98 Å². The molecular formula is C18H20N2O2. The third-order valence-corrected chi connectivity index (χ3v) is 3.99. The molecule has 0 aliphatic carbocycles. The molecule has 2 aromatic rings. The van der Waals surface area contributed by atoms with Crippen molar-refractivity contribution in [1.29, 1.82) is 0 Å². The van der Waals surface area contributed by atoms with Crippen molar-refractivity contribution in [3.8, 4) is 0 Å². The second kappa shape index (κ2) is 7.18. The van der Waals surface area contributed by atoms with Gasteiger partial charge in [-0.15, -0.1) is 0 Å². The Morgan fingerprint density at radius 3 is 2.59 bits per heavy atom. The Hall–Kier alpha value is -2.20. The maximum atomic E-state index is 13.0. The summed E-state index contributed by atoms with van der Waals surface area (Å²) in [6, 6.07) is 13.9. The third-order valence-electron chi connectivity index (χ3n) is 3.99. The predicted octanol–water partition coefficient (Wildman–Crippen LogP) is 2.27. The fraction of sp³-hybridized carbons (Fsp3) is 0.333. The minimum Gasteiger partial charge on any atom is -0.378 e. The van der Waals surface area contributed by atoms with E-state index in [1.807, 2.05) is 53.6 Å². The Kier molecular flexibility index (Phi) is 4.81. The summed E-state index contributed by atoms with van der Waals surface area (Å²) in [5.74, 6) is 0.0156. The average molecular weight is 296 g/mol. The molecule has 1 saturated heterocycles. The second-order valence-electron chi connectivity index (χ2n) is 5.47. The molecule has 1 aliphatic heterocycles. The van der Waals surface area contributed by atoms with Crippen LogP contribution >= 0.6 is 0 Å². The number of nitrogens with zero attached hydrogens (tertiary/aromatic N) is 2. The van der Waals surface area contributed by atoms with Crippen LogP contribution in [0.1, 0.15) is 17.0 Å². The van der Waals surface area contributed by atoms with E-state index in [9.17, 15) is 4.79 Å². The first-order chi connectivity index (χ1) is 10.8. The highest BCUT2D eigenvalue weighted by atomic mass is 16.5. The fourth-order valence-corrected chi connectivity index (χ4v) is 2.79. The summed E-state index contributed by atoms with van der Waals surface area (Å²) < 4.78 is 5.35. The molecule has 1 aromatic heterocycles. The first kappa shape index (κ1) is 14.7. The van der Waals surface area contributed by atoms with Gasteiger partial charge in [0, 0.05) is 25.5 Å². The number of benzene rings is 1. The molecule has 1 unspecified atom stereocenters. The zero-order valence-corrected chi connectivity index (χ0v) is 12.5. The topological polar surface area (TPSA) is 42.4 Å². The van der Waals surface area contributed by atoms with Gasteiger partial charge in [0.1, 0.15) is 0 Å². The standard InChI is InChI=1S/C18H20N2O2/c21-18(20-9-11-22-12-10-20)17(16-6-2-1-3-7-16)13-15-5-4-8-19-14-15/h1-8,14,17H,9-13H2. The maximum Gasteiger partial charge on any atom is 0.230 e. The maximum absolute atomic E-state index is 13.0. The quantitative estimate of drug-likeness (QED) is 0.869. The summed E-state index contributed by atoms with van der Waals surface area (Å²) in [7, 11) is 0. The SMILES string of the molecule is O=C(C(Cc1cccnc1)c1ccccc1)N1CCOCC1. The average Bonchev–Trinajstić information content (AvgIpc) is 2.61. The first-order valence-corrected chi connectivity index (χ1v) is 7.65. The normalized spacial score (nSPS) is 16.3. The molecular weight excluding hydrogens is 276 g/mol. The Labute approximate surface area is 130 Å². The Morgan fingerprint density at radius 2 is 1.91 bits per heavy atom. The van der Waals surface area contributed by atoms with Crippen LogP contribution in [0.3, 0.4) is 0 Å². The van der Waals surface area contributed by atoms with Crippen LogP contribution in [-0.4, -0.2) is 42.1 Å². The summed E-state index contributed by atoms with van der Waals surface area (Å²) >= 11 is 0. The van der Waals surface area contributed by atoms with E-state index in [1.165, 1.54) is 0 Å².